The van der Waals surface area contributed by atoms with Crippen LogP contribution < -0.4 is 10.1 Å². The molecule has 3 aromatic rings. The van der Waals surface area contributed by atoms with Gasteiger partial charge in [0, 0.05) is 26.0 Å². The van der Waals surface area contributed by atoms with E-state index in [1.807, 2.05) is 24.3 Å². The third-order valence-electron chi connectivity index (χ3n) is 5.04. The standard InChI is InChI=1S/C22H17BrCl3N3O2S/c23-14-6-4-13(5-7-14)20-12-21(28-27-20)22(18-9-8-16(25)11-19(18)26)29-32(30,31)17-3-1-2-15(24)10-17/h1-11,20,22,27,29H,12H2. The molecule has 10 heteroatoms. The first-order chi connectivity index (χ1) is 15.2. The van der Waals surface area contributed by atoms with Gasteiger partial charge in [-0.3, -0.25) is 0 Å². The average molecular weight is 574 g/mol. The van der Waals surface area contributed by atoms with E-state index < -0.39 is 16.1 Å². The van der Waals surface area contributed by atoms with Gasteiger partial charge in [0.25, 0.3) is 0 Å². The summed E-state index contributed by atoms with van der Waals surface area (Å²) in [5, 5.41) is 5.58. The van der Waals surface area contributed by atoms with Gasteiger partial charge >= 0.3 is 0 Å². The number of nitrogens with zero attached hydrogens (tertiary/aromatic N) is 1. The van der Waals surface area contributed by atoms with Gasteiger partial charge in [-0.1, -0.05) is 75.0 Å². The molecule has 1 aliphatic heterocycles. The molecule has 0 radical (unpaired) electrons. The van der Waals surface area contributed by atoms with E-state index in [1.54, 1.807) is 30.3 Å². The minimum atomic E-state index is -3.92. The van der Waals surface area contributed by atoms with Crippen molar-refractivity contribution in [2.75, 3.05) is 0 Å². The van der Waals surface area contributed by atoms with Crippen LogP contribution in [0.3, 0.4) is 0 Å². The first-order valence-corrected chi connectivity index (χ1v) is 12.9. The Kier molecular flexibility index (Phi) is 7.14. The number of rotatable bonds is 6. The van der Waals surface area contributed by atoms with Crippen LogP contribution >= 0.6 is 50.7 Å². The summed E-state index contributed by atoms with van der Waals surface area (Å²) in [6, 6.07) is 18.0. The Morgan fingerprint density at radius 1 is 1.00 bits per heavy atom. The van der Waals surface area contributed by atoms with E-state index in [9.17, 15) is 8.42 Å². The van der Waals surface area contributed by atoms with Crippen molar-refractivity contribution in [3.8, 4) is 0 Å². The second-order valence-electron chi connectivity index (χ2n) is 7.22. The minimum absolute atomic E-state index is 0.0519. The summed E-state index contributed by atoms with van der Waals surface area (Å²) >= 11 is 22.0. The highest BCUT2D eigenvalue weighted by Gasteiger charge is 2.32. The van der Waals surface area contributed by atoms with E-state index >= 15 is 0 Å². The normalized spacial score (nSPS) is 17.0. The molecule has 5 nitrogen and oxygen atoms in total. The fraction of sp³-hybridized carbons (Fsp3) is 0.136. The van der Waals surface area contributed by atoms with Crippen molar-refractivity contribution in [2.45, 2.75) is 23.4 Å². The Morgan fingerprint density at radius 3 is 2.41 bits per heavy atom. The number of hydrogen-bond acceptors (Lipinski definition) is 4. The molecular weight excluding hydrogens is 557 g/mol. The second kappa shape index (κ2) is 9.71. The number of sulfonamides is 1. The van der Waals surface area contributed by atoms with Crippen LogP contribution in [-0.4, -0.2) is 14.1 Å². The van der Waals surface area contributed by atoms with E-state index in [-0.39, 0.29) is 10.9 Å². The van der Waals surface area contributed by atoms with Crippen LogP contribution in [0.25, 0.3) is 0 Å². The first-order valence-electron chi connectivity index (χ1n) is 9.53. The van der Waals surface area contributed by atoms with Crippen molar-refractivity contribution in [3.05, 3.63) is 97.4 Å². The van der Waals surface area contributed by atoms with Gasteiger partial charge in [0.15, 0.2) is 0 Å². The molecule has 2 unspecified atom stereocenters. The summed E-state index contributed by atoms with van der Waals surface area (Å²) in [5.74, 6) is 0. The van der Waals surface area contributed by atoms with E-state index in [0.717, 1.165) is 10.0 Å². The van der Waals surface area contributed by atoms with Gasteiger partial charge in [0.2, 0.25) is 10.0 Å². The fourth-order valence-electron chi connectivity index (χ4n) is 3.44. The van der Waals surface area contributed by atoms with Crippen LogP contribution in [0.1, 0.15) is 29.6 Å². The lowest BCUT2D eigenvalue weighted by molar-refractivity contribution is 0.576. The lowest BCUT2D eigenvalue weighted by atomic mass is 9.96. The lowest BCUT2D eigenvalue weighted by Crippen LogP contribution is -2.33. The van der Waals surface area contributed by atoms with Crippen LogP contribution in [0.5, 0.6) is 0 Å². The topological polar surface area (TPSA) is 70.6 Å². The monoisotopic (exact) mass is 571 g/mol. The van der Waals surface area contributed by atoms with Gasteiger partial charge < -0.3 is 5.43 Å². The average Bonchev–Trinajstić information content (AvgIpc) is 3.23. The maximum absolute atomic E-state index is 13.2. The summed E-state index contributed by atoms with van der Waals surface area (Å²) in [5.41, 5.74) is 5.30. The Morgan fingerprint density at radius 2 is 1.72 bits per heavy atom. The summed E-state index contributed by atoms with van der Waals surface area (Å²) < 4.78 is 30.1. The lowest BCUT2D eigenvalue weighted by Gasteiger charge is -2.21. The third kappa shape index (κ3) is 5.30. The summed E-state index contributed by atoms with van der Waals surface area (Å²) in [6.45, 7) is 0. The smallest absolute Gasteiger partial charge is 0.241 e. The maximum atomic E-state index is 13.2. The molecular formula is C22H17BrCl3N3O2S. The largest absolute Gasteiger partial charge is 0.302 e. The minimum Gasteiger partial charge on any atom is -0.302 e. The zero-order valence-electron chi connectivity index (χ0n) is 16.4. The third-order valence-corrected chi connectivity index (χ3v) is 7.78. The van der Waals surface area contributed by atoms with E-state index in [4.69, 9.17) is 34.8 Å². The fourth-order valence-corrected chi connectivity index (χ4v) is 5.72. The van der Waals surface area contributed by atoms with Crippen molar-refractivity contribution in [1.29, 1.82) is 0 Å². The summed E-state index contributed by atoms with van der Waals surface area (Å²) in [4.78, 5) is 0.0519. The molecule has 0 aliphatic carbocycles. The van der Waals surface area contributed by atoms with Crippen molar-refractivity contribution < 1.29 is 8.42 Å². The van der Waals surface area contributed by atoms with Gasteiger partial charge in [0.1, 0.15) is 0 Å². The van der Waals surface area contributed by atoms with Crippen LogP contribution in [0, 0.1) is 0 Å². The van der Waals surface area contributed by atoms with Crippen LogP contribution in [-0.2, 0) is 10.0 Å². The molecule has 0 fully saturated rings. The molecule has 3 aromatic carbocycles. The molecule has 4 rings (SSSR count). The van der Waals surface area contributed by atoms with Crippen molar-refractivity contribution >= 4 is 66.5 Å². The molecule has 0 aromatic heterocycles. The zero-order chi connectivity index (χ0) is 22.9. The van der Waals surface area contributed by atoms with Gasteiger partial charge in [-0.2, -0.15) is 9.82 Å². The SMILES string of the molecule is O=S(=O)(NC(C1=NNC(c2ccc(Br)cc2)C1)c1ccc(Cl)cc1Cl)c1cccc(Cl)c1. The number of hydrazone groups is 1. The molecule has 0 spiro atoms. The molecule has 2 N–H and O–H groups in total. The molecule has 32 heavy (non-hydrogen) atoms. The Bertz CT molecular complexity index is 1280. The number of nitrogens with one attached hydrogen (secondary N) is 2. The highest BCUT2D eigenvalue weighted by atomic mass is 79.9. The van der Waals surface area contributed by atoms with E-state index in [2.05, 4.69) is 31.2 Å². The van der Waals surface area contributed by atoms with Gasteiger partial charge in [-0.15, -0.1) is 0 Å². The Hall–Kier alpha value is -1.61. The molecule has 0 amide bonds. The number of benzene rings is 3. The summed E-state index contributed by atoms with van der Waals surface area (Å²) in [6.07, 6.45) is 0.489. The predicted octanol–water partition coefficient (Wildman–Crippen LogP) is 6.52. The number of hydrogen-bond donors (Lipinski definition) is 2. The van der Waals surface area contributed by atoms with E-state index in [1.165, 1.54) is 12.1 Å². The second-order valence-corrected chi connectivity index (χ2v) is 11.1. The van der Waals surface area contributed by atoms with Crippen molar-refractivity contribution in [3.63, 3.8) is 0 Å². The van der Waals surface area contributed by atoms with Crippen molar-refractivity contribution in [2.24, 2.45) is 5.10 Å². The molecule has 1 heterocycles. The quantitative estimate of drug-likeness (QED) is 0.353. The molecule has 0 saturated heterocycles. The zero-order valence-corrected chi connectivity index (χ0v) is 21.1. The molecule has 166 valence electrons. The number of halogens is 4. The molecule has 0 bridgehead atoms. The molecule has 0 saturated carbocycles. The molecule has 2 atom stereocenters. The highest BCUT2D eigenvalue weighted by Crippen LogP contribution is 2.33. The molecule has 1 aliphatic rings. The Balaban J connectivity index is 1.68. The maximum Gasteiger partial charge on any atom is 0.241 e. The van der Waals surface area contributed by atoms with Crippen molar-refractivity contribution in [1.82, 2.24) is 10.1 Å². The Labute approximate surface area is 210 Å². The first kappa shape index (κ1) is 23.5. The predicted molar refractivity (Wildman–Crippen MR) is 133 cm³/mol. The van der Waals surface area contributed by atoms with Gasteiger partial charge in [-0.05, 0) is 53.6 Å². The van der Waals surface area contributed by atoms with E-state index in [0.29, 0.717) is 32.8 Å². The van der Waals surface area contributed by atoms with Crippen LogP contribution in [0.2, 0.25) is 15.1 Å². The van der Waals surface area contributed by atoms with Gasteiger partial charge in [-0.25, -0.2) is 8.42 Å². The van der Waals surface area contributed by atoms with Crippen LogP contribution in [0.4, 0.5) is 0 Å². The highest BCUT2D eigenvalue weighted by molar-refractivity contribution is 9.10. The van der Waals surface area contributed by atoms with Gasteiger partial charge in [0.05, 0.1) is 22.7 Å². The summed E-state index contributed by atoms with van der Waals surface area (Å²) in [7, 11) is -3.92. The van der Waals surface area contributed by atoms with Crippen LogP contribution in [0.15, 0.2) is 81.2 Å².